The van der Waals surface area contributed by atoms with Gasteiger partial charge in [-0.2, -0.15) is 5.10 Å². The van der Waals surface area contributed by atoms with Gasteiger partial charge in [0.2, 0.25) is 0 Å². The number of anilines is 1. The van der Waals surface area contributed by atoms with Crippen LogP contribution in [0.4, 0.5) is 5.82 Å². The van der Waals surface area contributed by atoms with Crippen molar-refractivity contribution in [2.45, 2.75) is 58.7 Å². The molecule has 0 spiro atoms. The van der Waals surface area contributed by atoms with Gasteiger partial charge in [-0.05, 0) is 32.1 Å². The van der Waals surface area contributed by atoms with Gasteiger partial charge in [0.15, 0.2) is 0 Å². The molecule has 0 aromatic carbocycles. The van der Waals surface area contributed by atoms with Crippen molar-refractivity contribution in [3.63, 3.8) is 0 Å². The fourth-order valence-corrected chi connectivity index (χ4v) is 3.75. The second kappa shape index (κ2) is 4.82. The monoisotopic (exact) mass is 262 g/mol. The van der Waals surface area contributed by atoms with Crippen LogP contribution in [-0.2, 0) is 13.6 Å². The van der Waals surface area contributed by atoms with Crippen LogP contribution < -0.4 is 10.2 Å². The lowest BCUT2D eigenvalue weighted by Crippen LogP contribution is -2.34. The van der Waals surface area contributed by atoms with Crippen molar-refractivity contribution in [2.24, 2.45) is 13.0 Å². The van der Waals surface area contributed by atoms with E-state index in [9.17, 15) is 0 Å². The van der Waals surface area contributed by atoms with Crippen molar-refractivity contribution in [1.29, 1.82) is 0 Å². The zero-order valence-electron chi connectivity index (χ0n) is 12.6. The summed E-state index contributed by atoms with van der Waals surface area (Å²) in [5, 5.41) is 8.20. The summed E-state index contributed by atoms with van der Waals surface area (Å²) in [6, 6.07) is 1.28. The maximum absolute atomic E-state index is 4.65. The lowest BCUT2D eigenvalue weighted by Gasteiger charge is -2.30. The van der Waals surface area contributed by atoms with Gasteiger partial charge in [-0.25, -0.2) is 0 Å². The molecule has 106 valence electrons. The molecule has 1 aliphatic carbocycles. The van der Waals surface area contributed by atoms with Crippen LogP contribution in [-0.4, -0.2) is 28.4 Å². The van der Waals surface area contributed by atoms with Gasteiger partial charge < -0.3 is 10.2 Å². The topological polar surface area (TPSA) is 33.1 Å². The van der Waals surface area contributed by atoms with Crippen molar-refractivity contribution in [3.05, 3.63) is 11.3 Å². The van der Waals surface area contributed by atoms with Crippen molar-refractivity contribution >= 4 is 5.82 Å². The summed E-state index contributed by atoms with van der Waals surface area (Å²) < 4.78 is 2.09. The lowest BCUT2D eigenvalue weighted by molar-refractivity contribution is 0.537. The molecular weight excluding hydrogens is 236 g/mol. The minimum absolute atomic E-state index is 0.516. The Hall–Kier alpha value is -1.03. The fourth-order valence-electron chi connectivity index (χ4n) is 3.75. The molecule has 2 unspecified atom stereocenters. The van der Waals surface area contributed by atoms with Gasteiger partial charge in [-0.3, -0.25) is 4.68 Å². The third-order valence-electron chi connectivity index (χ3n) is 4.68. The van der Waals surface area contributed by atoms with Crippen molar-refractivity contribution in [3.8, 4) is 0 Å². The minimum Gasteiger partial charge on any atom is -0.353 e. The van der Waals surface area contributed by atoms with Crippen LogP contribution in [0.3, 0.4) is 0 Å². The Kier molecular flexibility index (Phi) is 3.29. The molecule has 4 heteroatoms. The second-order valence-corrected chi connectivity index (χ2v) is 6.53. The number of aryl methyl sites for hydroxylation is 2. The van der Waals surface area contributed by atoms with E-state index in [1.54, 1.807) is 0 Å². The zero-order chi connectivity index (χ0) is 13.6. The van der Waals surface area contributed by atoms with Crippen LogP contribution in [0.5, 0.6) is 0 Å². The molecule has 1 aromatic heterocycles. The van der Waals surface area contributed by atoms with Crippen molar-refractivity contribution < 1.29 is 0 Å². The van der Waals surface area contributed by atoms with Gasteiger partial charge in [0.25, 0.3) is 0 Å². The summed E-state index contributed by atoms with van der Waals surface area (Å²) in [6.07, 6.45) is 4.19. The number of piperidine rings is 1. The Balaban J connectivity index is 1.87. The molecule has 1 aliphatic heterocycles. The highest BCUT2D eigenvalue weighted by Gasteiger charge is 2.40. The zero-order valence-corrected chi connectivity index (χ0v) is 12.6. The molecule has 2 fully saturated rings. The predicted molar refractivity (Wildman–Crippen MR) is 78.4 cm³/mol. The lowest BCUT2D eigenvalue weighted by atomic mass is 10.1. The smallest absolute Gasteiger partial charge is 0.131 e. The Morgan fingerprint density at radius 3 is 2.74 bits per heavy atom. The minimum atomic E-state index is 0.516. The Morgan fingerprint density at radius 1 is 1.37 bits per heavy atom. The van der Waals surface area contributed by atoms with Crippen LogP contribution in [0.25, 0.3) is 0 Å². The molecule has 1 N–H and O–H groups in total. The van der Waals surface area contributed by atoms with E-state index in [0.29, 0.717) is 6.04 Å². The number of hydrogen-bond acceptors (Lipinski definition) is 3. The first kappa shape index (κ1) is 13.0. The average Bonchev–Trinajstić information content (AvgIpc) is 3.00. The molecule has 2 aliphatic rings. The van der Waals surface area contributed by atoms with Crippen LogP contribution in [0.15, 0.2) is 0 Å². The van der Waals surface area contributed by atoms with Gasteiger partial charge in [0.05, 0.1) is 5.69 Å². The van der Waals surface area contributed by atoms with Gasteiger partial charge in [-0.15, -0.1) is 0 Å². The molecule has 1 saturated heterocycles. The highest BCUT2D eigenvalue weighted by atomic mass is 15.4. The highest BCUT2D eigenvalue weighted by Crippen LogP contribution is 2.41. The summed E-state index contributed by atoms with van der Waals surface area (Å²) in [5.41, 5.74) is 2.57. The first-order chi connectivity index (χ1) is 9.06. The molecule has 2 heterocycles. The number of nitrogens with one attached hydrogen (secondary N) is 1. The van der Waals surface area contributed by atoms with Gasteiger partial charge >= 0.3 is 0 Å². The SMILES string of the molecule is Cc1nn(C)c(N2CC3CCC2C3)c1CNC(C)C. The van der Waals surface area contributed by atoms with E-state index in [-0.39, 0.29) is 0 Å². The fraction of sp³-hybridized carbons (Fsp3) is 0.800. The molecule has 2 atom stereocenters. The highest BCUT2D eigenvalue weighted by molar-refractivity contribution is 5.52. The van der Waals surface area contributed by atoms with E-state index in [4.69, 9.17) is 0 Å². The number of aromatic nitrogens is 2. The molecule has 3 rings (SSSR count). The van der Waals surface area contributed by atoms with E-state index >= 15 is 0 Å². The average molecular weight is 262 g/mol. The maximum Gasteiger partial charge on any atom is 0.131 e. The first-order valence-corrected chi connectivity index (χ1v) is 7.58. The molecule has 19 heavy (non-hydrogen) atoms. The summed E-state index contributed by atoms with van der Waals surface area (Å²) in [6.45, 7) is 8.69. The van der Waals surface area contributed by atoms with Gasteiger partial charge in [0.1, 0.15) is 5.82 Å². The summed E-state index contributed by atoms with van der Waals surface area (Å²) in [5.74, 6) is 2.28. The third-order valence-corrected chi connectivity index (χ3v) is 4.68. The molecule has 1 aromatic rings. The van der Waals surface area contributed by atoms with Gasteiger partial charge in [0, 0.05) is 37.8 Å². The summed E-state index contributed by atoms with van der Waals surface area (Å²) >= 11 is 0. The number of nitrogens with zero attached hydrogens (tertiary/aromatic N) is 3. The second-order valence-electron chi connectivity index (χ2n) is 6.53. The molecule has 0 radical (unpaired) electrons. The standard InChI is InChI=1S/C15H26N4/c1-10(2)16-8-14-11(3)17-18(4)15(14)19-9-12-5-6-13(19)7-12/h10,12-13,16H,5-9H2,1-4H3. The van der Waals surface area contributed by atoms with Crippen molar-refractivity contribution in [1.82, 2.24) is 15.1 Å². The quantitative estimate of drug-likeness (QED) is 0.903. The Morgan fingerprint density at radius 2 is 2.16 bits per heavy atom. The van der Waals surface area contributed by atoms with Crippen LogP contribution >= 0.6 is 0 Å². The van der Waals surface area contributed by atoms with E-state index < -0.39 is 0 Å². The molecule has 2 bridgehead atoms. The largest absolute Gasteiger partial charge is 0.353 e. The van der Waals surface area contributed by atoms with E-state index in [1.165, 1.54) is 42.9 Å². The number of fused-ring (bicyclic) bond motifs is 2. The third kappa shape index (κ3) is 2.27. The van der Waals surface area contributed by atoms with E-state index in [2.05, 4.69) is 47.8 Å². The molecule has 1 saturated carbocycles. The van der Waals surface area contributed by atoms with Crippen LogP contribution in [0, 0.1) is 12.8 Å². The normalized spacial score (nSPS) is 25.8. The Bertz CT molecular complexity index is 463. The first-order valence-electron chi connectivity index (χ1n) is 7.58. The van der Waals surface area contributed by atoms with E-state index in [0.717, 1.165) is 18.5 Å². The molecular formula is C15H26N4. The molecule has 0 amide bonds. The number of hydrogen-bond donors (Lipinski definition) is 1. The van der Waals surface area contributed by atoms with Crippen LogP contribution in [0.2, 0.25) is 0 Å². The van der Waals surface area contributed by atoms with E-state index in [1.807, 2.05) is 0 Å². The van der Waals surface area contributed by atoms with Gasteiger partial charge in [-0.1, -0.05) is 13.8 Å². The number of rotatable bonds is 4. The molecule has 4 nitrogen and oxygen atoms in total. The predicted octanol–water partition coefficient (Wildman–Crippen LogP) is 2.22. The van der Waals surface area contributed by atoms with Crippen LogP contribution in [0.1, 0.15) is 44.4 Å². The Labute approximate surface area is 116 Å². The maximum atomic E-state index is 4.65. The summed E-state index contributed by atoms with van der Waals surface area (Å²) in [4.78, 5) is 2.62. The van der Waals surface area contributed by atoms with Crippen molar-refractivity contribution in [2.75, 3.05) is 11.4 Å². The summed E-state index contributed by atoms with van der Waals surface area (Å²) in [7, 11) is 2.09.